The fourth-order valence-electron chi connectivity index (χ4n) is 2.84. The monoisotopic (exact) mass is 349 g/mol. The second-order valence-electron chi connectivity index (χ2n) is 5.94. The molecule has 0 aromatic heterocycles. The van der Waals surface area contributed by atoms with Crippen LogP contribution in [0.1, 0.15) is 15.9 Å². The van der Waals surface area contributed by atoms with E-state index in [1.165, 1.54) is 0 Å². The first-order chi connectivity index (χ1) is 12.7. The number of carbonyl (C=O) groups is 2. The third kappa shape index (κ3) is 4.01. The number of nitriles is 1. The van der Waals surface area contributed by atoms with E-state index in [0.29, 0.717) is 43.1 Å². The minimum absolute atomic E-state index is 0.0168. The van der Waals surface area contributed by atoms with Gasteiger partial charge in [0.25, 0.3) is 11.8 Å². The summed E-state index contributed by atoms with van der Waals surface area (Å²) in [5.41, 5.74) is 1.06. The first kappa shape index (κ1) is 17.5. The van der Waals surface area contributed by atoms with Crippen molar-refractivity contribution in [1.29, 1.82) is 5.26 Å². The summed E-state index contributed by atoms with van der Waals surface area (Å²) in [6.45, 7) is 1.81. The van der Waals surface area contributed by atoms with E-state index in [1.807, 2.05) is 24.3 Å². The standard InChI is InChI=1S/C20H19N3O3/c21-14-17-8-4-5-9-18(17)26-15-19(24)22-10-12-23(13-11-22)20(25)16-6-2-1-3-7-16/h1-9H,10-13,15H2. The number of carbonyl (C=O) groups excluding carboxylic acids is 2. The van der Waals surface area contributed by atoms with Gasteiger partial charge in [0.15, 0.2) is 6.61 Å². The molecule has 0 aliphatic carbocycles. The molecule has 1 saturated heterocycles. The number of hydrogen-bond donors (Lipinski definition) is 0. The third-order valence-corrected chi connectivity index (χ3v) is 4.30. The molecule has 2 aromatic rings. The minimum Gasteiger partial charge on any atom is -0.482 e. The molecule has 2 aromatic carbocycles. The van der Waals surface area contributed by atoms with Gasteiger partial charge >= 0.3 is 0 Å². The Labute approximate surface area is 152 Å². The maximum Gasteiger partial charge on any atom is 0.260 e. The van der Waals surface area contributed by atoms with Gasteiger partial charge in [-0.15, -0.1) is 0 Å². The quantitative estimate of drug-likeness (QED) is 0.845. The fourth-order valence-corrected chi connectivity index (χ4v) is 2.84. The lowest BCUT2D eigenvalue weighted by molar-refractivity contribution is -0.134. The van der Waals surface area contributed by atoms with Gasteiger partial charge in [-0.3, -0.25) is 9.59 Å². The van der Waals surface area contributed by atoms with Crippen molar-refractivity contribution < 1.29 is 14.3 Å². The number of ether oxygens (including phenoxy) is 1. The maximum absolute atomic E-state index is 12.4. The number of para-hydroxylation sites is 1. The Morgan fingerprint density at radius 2 is 1.54 bits per heavy atom. The average Bonchev–Trinajstić information content (AvgIpc) is 2.72. The van der Waals surface area contributed by atoms with Gasteiger partial charge in [-0.25, -0.2) is 0 Å². The van der Waals surface area contributed by atoms with Crippen molar-refractivity contribution in [3.8, 4) is 11.8 Å². The number of rotatable bonds is 4. The zero-order valence-corrected chi connectivity index (χ0v) is 14.3. The van der Waals surface area contributed by atoms with Crippen LogP contribution in [-0.4, -0.2) is 54.4 Å². The average molecular weight is 349 g/mol. The summed E-state index contributed by atoms with van der Waals surface area (Å²) in [4.78, 5) is 28.2. The molecule has 1 heterocycles. The molecule has 0 unspecified atom stereocenters. The van der Waals surface area contributed by atoms with E-state index in [1.54, 1.807) is 46.2 Å². The molecule has 0 N–H and O–H groups in total. The molecule has 132 valence electrons. The van der Waals surface area contributed by atoms with Crippen LogP contribution >= 0.6 is 0 Å². The van der Waals surface area contributed by atoms with Crippen molar-refractivity contribution in [3.63, 3.8) is 0 Å². The highest BCUT2D eigenvalue weighted by atomic mass is 16.5. The Morgan fingerprint density at radius 1 is 0.923 bits per heavy atom. The highest BCUT2D eigenvalue weighted by Gasteiger charge is 2.25. The van der Waals surface area contributed by atoms with Crippen LogP contribution in [0.3, 0.4) is 0 Å². The molecular weight excluding hydrogens is 330 g/mol. The first-order valence-electron chi connectivity index (χ1n) is 8.43. The van der Waals surface area contributed by atoms with E-state index < -0.39 is 0 Å². The molecule has 1 fully saturated rings. The normalized spacial score (nSPS) is 13.8. The predicted molar refractivity (Wildman–Crippen MR) is 95.6 cm³/mol. The molecule has 1 aliphatic rings. The molecule has 6 nitrogen and oxygen atoms in total. The van der Waals surface area contributed by atoms with Crippen LogP contribution in [0, 0.1) is 11.3 Å². The fraction of sp³-hybridized carbons (Fsp3) is 0.250. The zero-order valence-electron chi connectivity index (χ0n) is 14.3. The van der Waals surface area contributed by atoms with Crippen LogP contribution in [0.4, 0.5) is 0 Å². The lowest BCUT2D eigenvalue weighted by Crippen LogP contribution is -2.51. The molecule has 0 bridgehead atoms. The van der Waals surface area contributed by atoms with E-state index >= 15 is 0 Å². The van der Waals surface area contributed by atoms with Crippen molar-refractivity contribution in [3.05, 3.63) is 65.7 Å². The maximum atomic E-state index is 12.4. The molecule has 0 atom stereocenters. The van der Waals surface area contributed by atoms with Gasteiger partial charge in [0, 0.05) is 31.7 Å². The van der Waals surface area contributed by atoms with Crippen molar-refractivity contribution in [2.75, 3.05) is 32.8 Å². The summed E-state index contributed by atoms with van der Waals surface area (Å²) < 4.78 is 5.49. The summed E-state index contributed by atoms with van der Waals surface area (Å²) in [7, 11) is 0. The molecule has 0 radical (unpaired) electrons. The van der Waals surface area contributed by atoms with Crippen LogP contribution in [0.25, 0.3) is 0 Å². The van der Waals surface area contributed by atoms with Crippen molar-refractivity contribution in [1.82, 2.24) is 9.80 Å². The summed E-state index contributed by atoms with van der Waals surface area (Å²) in [6, 6.07) is 18.0. The summed E-state index contributed by atoms with van der Waals surface area (Å²) in [6.07, 6.45) is 0. The van der Waals surface area contributed by atoms with E-state index in [0.717, 1.165) is 0 Å². The Kier molecular flexibility index (Phi) is 5.49. The Balaban J connectivity index is 1.51. The molecule has 1 aliphatic heterocycles. The van der Waals surface area contributed by atoms with Crippen LogP contribution in [0.5, 0.6) is 5.75 Å². The zero-order chi connectivity index (χ0) is 18.4. The highest BCUT2D eigenvalue weighted by Crippen LogP contribution is 2.17. The third-order valence-electron chi connectivity index (χ3n) is 4.30. The van der Waals surface area contributed by atoms with Crippen LogP contribution in [0.15, 0.2) is 54.6 Å². The van der Waals surface area contributed by atoms with Crippen molar-refractivity contribution >= 4 is 11.8 Å². The number of nitrogens with zero attached hydrogens (tertiary/aromatic N) is 3. The van der Waals surface area contributed by atoms with Crippen LogP contribution in [0.2, 0.25) is 0 Å². The molecule has 6 heteroatoms. The lowest BCUT2D eigenvalue weighted by atomic mass is 10.2. The van der Waals surface area contributed by atoms with E-state index in [4.69, 9.17) is 10.00 Å². The summed E-state index contributed by atoms with van der Waals surface area (Å²) in [5, 5.41) is 9.04. The molecule has 26 heavy (non-hydrogen) atoms. The Morgan fingerprint density at radius 3 is 2.23 bits per heavy atom. The first-order valence-corrected chi connectivity index (χ1v) is 8.43. The van der Waals surface area contributed by atoms with Gasteiger partial charge < -0.3 is 14.5 Å². The van der Waals surface area contributed by atoms with Crippen LogP contribution in [-0.2, 0) is 4.79 Å². The molecule has 2 amide bonds. The Bertz CT molecular complexity index is 822. The Hall–Kier alpha value is -3.33. The SMILES string of the molecule is N#Cc1ccccc1OCC(=O)N1CCN(C(=O)c2ccccc2)CC1. The van der Waals surface area contributed by atoms with Gasteiger partial charge in [0.1, 0.15) is 11.8 Å². The number of amides is 2. The second kappa shape index (κ2) is 8.17. The van der Waals surface area contributed by atoms with E-state index in [9.17, 15) is 9.59 Å². The molecular formula is C20H19N3O3. The van der Waals surface area contributed by atoms with Crippen molar-refractivity contribution in [2.45, 2.75) is 0 Å². The molecule has 0 spiro atoms. The minimum atomic E-state index is -0.149. The lowest BCUT2D eigenvalue weighted by Gasteiger charge is -2.34. The van der Waals surface area contributed by atoms with E-state index in [2.05, 4.69) is 0 Å². The number of benzene rings is 2. The summed E-state index contributed by atoms with van der Waals surface area (Å²) >= 11 is 0. The van der Waals surface area contributed by atoms with Crippen LogP contribution < -0.4 is 4.74 Å². The van der Waals surface area contributed by atoms with Gasteiger partial charge in [-0.1, -0.05) is 30.3 Å². The topological polar surface area (TPSA) is 73.6 Å². The van der Waals surface area contributed by atoms with E-state index in [-0.39, 0.29) is 18.4 Å². The molecule has 3 rings (SSSR count). The smallest absolute Gasteiger partial charge is 0.260 e. The van der Waals surface area contributed by atoms with Gasteiger partial charge in [0.2, 0.25) is 0 Å². The highest BCUT2D eigenvalue weighted by molar-refractivity contribution is 5.94. The number of hydrogen-bond acceptors (Lipinski definition) is 4. The summed E-state index contributed by atoms with van der Waals surface area (Å²) in [5.74, 6) is 0.239. The van der Waals surface area contributed by atoms with Gasteiger partial charge in [-0.2, -0.15) is 5.26 Å². The van der Waals surface area contributed by atoms with Crippen molar-refractivity contribution in [2.24, 2.45) is 0 Å². The molecule has 0 saturated carbocycles. The predicted octanol–water partition coefficient (Wildman–Crippen LogP) is 1.92. The van der Waals surface area contributed by atoms with Gasteiger partial charge in [-0.05, 0) is 24.3 Å². The second-order valence-corrected chi connectivity index (χ2v) is 5.94. The number of piperazine rings is 1. The van der Waals surface area contributed by atoms with Gasteiger partial charge in [0.05, 0.1) is 5.56 Å². The largest absolute Gasteiger partial charge is 0.482 e.